The molecule has 3 N–H and O–H groups in total. The third-order valence-electron chi connectivity index (χ3n) is 5.19. The van der Waals surface area contributed by atoms with Crippen LogP contribution in [0.5, 0.6) is 0 Å². The Balaban J connectivity index is 1.62. The summed E-state index contributed by atoms with van der Waals surface area (Å²) in [5.74, 6) is 1.04. The molecule has 0 unspecified atom stereocenters. The van der Waals surface area contributed by atoms with Crippen molar-refractivity contribution in [3.05, 3.63) is 53.5 Å². The van der Waals surface area contributed by atoms with Gasteiger partial charge in [0.15, 0.2) is 16.9 Å². The van der Waals surface area contributed by atoms with Gasteiger partial charge in [-0.05, 0) is 74.7 Å². The van der Waals surface area contributed by atoms with Crippen LogP contribution in [0, 0.1) is 13.8 Å². The molecule has 0 radical (unpaired) electrons. The second kappa shape index (κ2) is 8.50. The van der Waals surface area contributed by atoms with Crippen molar-refractivity contribution < 1.29 is 9.32 Å². The number of benzene rings is 1. The van der Waals surface area contributed by atoms with Crippen LogP contribution in [0.2, 0.25) is 0 Å². The van der Waals surface area contributed by atoms with Crippen LogP contribution in [0.15, 0.2) is 41.0 Å². The van der Waals surface area contributed by atoms with Crippen LogP contribution in [0.4, 0.5) is 5.69 Å². The SMILES string of the molecule is Cc1cccc(NC(=S)NC[C@H](c2ccco2)[NH+]2CCCCC2)c1C. The summed E-state index contributed by atoms with van der Waals surface area (Å²) in [7, 11) is 0. The number of anilines is 1. The molecule has 0 bridgehead atoms. The average Bonchev–Trinajstić information content (AvgIpc) is 3.14. The zero-order valence-corrected chi connectivity index (χ0v) is 15.9. The number of nitrogens with one attached hydrogen (secondary N) is 3. The summed E-state index contributed by atoms with van der Waals surface area (Å²) >= 11 is 5.53. The maximum absolute atomic E-state index is 5.71. The largest absolute Gasteiger partial charge is 0.463 e. The smallest absolute Gasteiger partial charge is 0.171 e. The van der Waals surface area contributed by atoms with E-state index >= 15 is 0 Å². The lowest BCUT2D eigenvalue weighted by atomic mass is 10.1. The third kappa shape index (κ3) is 4.61. The fourth-order valence-electron chi connectivity index (χ4n) is 3.54. The summed E-state index contributed by atoms with van der Waals surface area (Å²) in [4.78, 5) is 1.59. The molecule has 1 atom stereocenters. The highest BCUT2D eigenvalue weighted by Gasteiger charge is 2.28. The molecule has 1 saturated heterocycles. The number of aryl methyl sites for hydroxylation is 1. The Labute approximate surface area is 155 Å². The number of hydrogen-bond donors (Lipinski definition) is 3. The van der Waals surface area contributed by atoms with Crippen molar-refractivity contribution >= 4 is 23.0 Å². The number of hydrogen-bond acceptors (Lipinski definition) is 2. The van der Waals surface area contributed by atoms with Gasteiger partial charge in [0.2, 0.25) is 0 Å². The molecule has 1 aromatic heterocycles. The highest BCUT2D eigenvalue weighted by Crippen LogP contribution is 2.18. The van der Waals surface area contributed by atoms with Crippen molar-refractivity contribution in [2.75, 3.05) is 25.0 Å². The monoisotopic (exact) mass is 358 g/mol. The van der Waals surface area contributed by atoms with Crippen molar-refractivity contribution in [2.24, 2.45) is 0 Å². The number of furan rings is 1. The molecule has 134 valence electrons. The average molecular weight is 359 g/mol. The van der Waals surface area contributed by atoms with Crippen molar-refractivity contribution in [1.29, 1.82) is 0 Å². The molecule has 4 nitrogen and oxygen atoms in total. The van der Waals surface area contributed by atoms with Crippen LogP contribution in [-0.4, -0.2) is 24.7 Å². The van der Waals surface area contributed by atoms with Crippen LogP contribution in [0.1, 0.15) is 42.2 Å². The van der Waals surface area contributed by atoms with Crippen molar-refractivity contribution in [2.45, 2.75) is 39.2 Å². The summed E-state index contributed by atoms with van der Waals surface area (Å²) in [6.45, 7) is 7.40. The van der Waals surface area contributed by atoms with Crippen molar-refractivity contribution in [1.82, 2.24) is 5.32 Å². The molecule has 5 heteroatoms. The molecular formula is C20H28N3OS+. The first-order chi connectivity index (χ1) is 12.1. The van der Waals surface area contributed by atoms with Crippen LogP contribution >= 0.6 is 12.2 Å². The van der Waals surface area contributed by atoms with E-state index in [9.17, 15) is 0 Å². The van der Waals surface area contributed by atoms with Crippen molar-refractivity contribution in [3.63, 3.8) is 0 Å². The van der Waals surface area contributed by atoms with E-state index in [-0.39, 0.29) is 0 Å². The predicted molar refractivity (Wildman–Crippen MR) is 106 cm³/mol. The van der Waals surface area contributed by atoms with E-state index < -0.39 is 0 Å². The highest BCUT2D eigenvalue weighted by molar-refractivity contribution is 7.80. The summed E-state index contributed by atoms with van der Waals surface area (Å²) in [6.07, 6.45) is 5.68. The zero-order chi connectivity index (χ0) is 17.6. The van der Waals surface area contributed by atoms with Gasteiger partial charge in [0.1, 0.15) is 0 Å². The molecule has 0 amide bonds. The first-order valence-electron chi connectivity index (χ1n) is 9.14. The molecule has 2 heterocycles. The number of quaternary nitrogens is 1. The second-order valence-corrected chi connectivity index (χ2v) is 7.28. The molecule has 1 fully saturated rings. The minimum absolute atomic E-state index is 0.300. The molecule has 3 rings (SSSR count). The van der Waals surface area contributed by atoms with E-state index in [1.807, 2.05) is 6.07 Å². The van der Waals surface area contributed by atoms with E-state index in [2.05, 4.69) is 48.7 Å². The number of rotatable bonds is 5. The van der Waals surface area contributed by atoms with E-state index in [1.165, 1.54) is 43.5 Å². The van der Waals surface area contributed by atoms with E-state index in [0.717, 1.165) is 18.0 Å². The standard InChI is InChI=1S/C20H27N3OS/c1-15-8-6-9-17(16(15)2)22-20(25)21-14-18(19-10-7-13-24-19)23-11-4-3-5-12-23/h6-10,13,18H,3-5,11-12,14H2,1-2H3,(H2,21,22,25)/p+1/t18-/m1/s1. The van der Waals surface area contributed by atoms with Crippen LogP contribution < -0.4 is 15.5 Å². The van der Waals surface area contributed by atoms with Gasteiger partial charge in [0.05, 0.1) is 25.9 Å². The summed E-state index contributed by atoms with van der Waals surface area (Å²) in [5, 5.41) is 7.41. The van der Waals surface area contributed by atoms with E-state index in [4.69, 9.17) is 16.6 Å². The summed E-state index contributed by atoms with van der Waals surface area (Å²) < 4.78 is 5.71. The maximum atomic E-state index is 5.71. The van der Waals surface area contributed by atoms with Crippen LogP contribution in [-0.2, 0) is 0 Å². The predicted octanol–water partition coefficient (Wildman–Crippen LogP) is 2.99. The van der Waals surface area contributed by atoms with Crippen LogP contribution in [0.25, 0.3) is 0 Å². The Hall–Kier alpha value is -1.85. The van der Waals surface area contributed by atoms with Gasteiger partial charge in [-0.15, -0.1) is 0 Å². The molecule has 2 aromatic rings. The van der Waals surface area contributed by atoms with Gasteiger partial charge in [-0.3, -0.25) is 0 Å². The molecule has 1 aromatic carbocycles. The Morgan fingerprint density at radius 2 is 1.96 bits per heavy atom. The first kappa shape index (κ1) is 18.0. The quantitative estimate of drug-likeness (QED) is 0.719. The van der Waals surface area contributed by atoms with Crippen molar-refractivity contribution in [3.8, 4) is 0 Å². The molecule has 0 aliphatic carbocycles. The Kier molecular flexibility index (Phi) is 6.10. The molecule has 0 spiro atoms. The lowest BCUT2D eigenvalue weighted by molar-refractivity contribution is -0.936. The zero-order valence-electron chi connectivity index (χ0n) is 15.1. The summed E-state index contributed by atoms with van der Waals surface area (Å²) in [5.41, 5.74) is 3.56. The Morgan fingerprint density at radius 1 is 1.16 bits per heavy atom. The van der Waals surface area contributed by atoms with Gasteiger partial charge >= 0.3 is 0 Å². The number of piperidine rings is 1. The number of thiocarbonyl (C=S) groups is 1. The lowest BCUT2D eigenvalue weighted by Crippen LogP contribution is -3.13. The van der Waals surface area contributed by atoms with Gasteiger partial charge in [-0.2, -0.15) is 0 Å². The maximum Gasteiger partial charge on any atom is 0.171 e. The number of likely N-dealkylation sites (tertiary alicyclic amines) is 1. The molecule has 25 heavy (non-hydrogen) atoms. The molecule has 1 aliphatic rings. The molecular weight excluding hydrogens is 330 g/mol. The lowest BCUT2D eigenvalue weighted by Gasteiger charge is -2.30. The minimum Gasteiger partial charge on any atom is -0.463 e. The van der Waals surface area contributed by atoms with Gasteiger partial charge in [0, 0.05) is 5.69 Å². The van der Waals surface area contributed by atoms with Gasteiger partial charge in [-0.1, -0.05) is 12.1 Å². The Bertz CT molecular complexity index is 693. The Morgan fingerprint density at radius 3 is 2.68 bits per heavy atom. The molecule has 0 saturated carbocycles. The first-order valence-corrected chi connectivity index (χ1v) is 9.55. The topological polar surface area (TPSA) is 41.6 Å². The van der Waals surface area contributed by atoms with Crippen LogP contribution in [0.3, 0.4) is 0 Å². The fourth-order valence-corrected chi connectivity index (χ4v) is 3.73. The van der Waals surface area contributed by atoms with E-state index in [0.29, 0.717) is 11.2 Å². The third-order valence-corrected chi connectivity index (χ3v) is 5.44. The van der Waals surface area contributed by atoms with E-state index in [1.54, 1.807) is 11.2 Å². The normalized spacial score (nSPS) is 16.4. The molecule has 1 aliphatic heterocycles. The second-order valence-electron chi connectivity index (χ2n) is 6.87. The van der Waals surface area contributed by atoms with Gasteiger partial charge in [-0.25, -0.2) is 0 Å². The van der Waals surface area contributed by atoms with Gasteiger partial charge < -0.3 is 20.0 Å². The fraction of sp³-hybridized carbons (Fsp3) is 0.450. The summed E-state index contributed by atoms with van der Waals surface area (Å²) in [6, 6.07) is 10.6. The highest BCUT2D eigenvalue weighted by atomic mass is 32.1. The minimum atomic E-state index is 0.300. The van der Waals surface area contributed by atoms with Gasteiger partial charge in [0.25, 0.3) is 0 Å².